The third-order valence-electron chi connectivity index (χ3n) is 3.55. The molecule has 1 fully saturated rings. The van der Waals surface area contributed by atoms with Crippen molar-refractivity contribution in [2.24, 2.45) is 5.92 Å². The molecule has 104 valence electrons. The van der Waals surface area contributed by atoms with Gasteiger partial charge in [0.2, 0.25) is 0 Å². The second kappa shape index (κ2) is 6.08. The van der Waals surface area contributed by atoms with Crippen molar-refractivity contribution >= 4 is 0 Å². The van der Waals surface area contributed by atoms with Crippen LogP contribution in [-0.2, 0) is 4.74 Å². The minimum atomic E-state index is -0.0394. The molecule has 1 heterocycles. The van der Waals surface area contributed by atoms with Gasteiger partial charge in [-0.25, -0.2) is 0 Å². The van der Waals surface area contributed by atoms with Crippen LogP contribution in [0.25, 0.3) is 0 Å². The van der Waals surface area contributed by atoms with Crippen molar-refractivity contribution in [1.82, 2.24) is 0 Å². The number of benzene rings is 1. The van der Waals surface area contributed by atoms with Gasteiger partial charge in [0.15, 0.2) is 11.5 Å². The highest BCUT2D eigenvalue weighted by atomic mass is 16.5. The van der Waals surface area contributed by atoms with Crippen LogP contribution < -0.4 is 9.47 Å². The zero-order chi connectivity index (χ0) is 13.8. The summed E-state index contributed by atoms with van der Waals surface area (Å²) in [7, 11) is 3.22. The Morgan fingerprint density at radius 2 is 2.05 bits per heavy atom. The Balaban J connectivity index is 2.20. The molecule has 0 unspecified atom stereocenters. The summed E-state index contributed by atoms with van der Waals surface area (Å²) < 4.78 is 16.3. The Kier molecular flexibility index (Phi) is 4.45. The third-order valence-corrected chi connectivity index (χ3v) is 3.55. The highest BCUT2D eigenvalue weighted by molar-refractivity contribution is 5.43. The predicted octanol–water partition coefficient (Wildman–Crippen LogP) is 2.33. The van der Waals surface area contributed by atoms with Crippen molar-refractivity contribution in [3.8, 4) is 11.5 Å². The van der Waals surface area contributed by atoms with Gasteiger partial charge >= 0.3 is 0 Å². The number of aliphatic hydroxyl groups is 1. The number of rotatable bonds is 4. The van der Waals surface area contributed by atoms with Gasteiger partial charge in [0.05, 0.1) is 26.9 Å². The Labute approximate surface area is 113 Å². The maximum Gasteiger partial charge on any atom is 0.161 e. The maximum atomic E-state index is 9.35. The Bertz CT molecular complexity index is 455. The van der Waals surface area contributed by atoms with E-state index in [1.54, 1.807) is 14.2 Å². The van der Waals surface area contributed by atoms with Crippen LogP contribution in [0, 0.1) is 5.92 Å². The molecule has 1 N–H and O–H groups in total. The van der Waals surface area contributed by atoms with Crippen molar-refractivity contribution in [3.05, 3.63) is 35.9 Å². The van der Waals surface area contributed by atoms with E-state index in [9.17, 15) is 5.11 Å². The zero-order valence-corrected chi connectivity index (χ0v) is 11.4. The quantitative estimate of drug-likeness (QED) is 0.848. The molecule has 1 aromatic rings. The van der Waals surface area contributed by atoms with E-state index < -0.39 is 0 Å². The molecule has 0 amide bonds. The van der Waals surface area contributed by atoms with Gasteiger partial charge in [0, 0.05) is 12.5 Å². The lowest BCUT2D eigenvalue weighted by Crippen LogP contribution is -2.24. The van der Waals surface area contributed by atoms with Crippen LogP contribution >= 0.6 is 0 Å². The zero-order valence-electron chi connectivity index (χ0n) is 11.4. The molecule has 2 atom stereocenters. The first kappa shape index (κ1) is 13.9. The van der Waals surface area contributed by atoms with Crippen LogP contribution in [-0.4, -0.2) is 32.5 Å². The number of hydrogen-bond acceptors (Lipinski definition) is 4. The Morgan fingerprint density at radius 1 is 1.32 bits per heavy atom. The number of aliphatic hydroxyl groups excluding tert-OH is 1. The van der Waals surface area contributed by atoms with Crippen LogP contribution in [0.4, 0.5) is 0 Å². The largest absolute Gasteiger partial charge is 0.493 e. The van der Waals surface area contributed by atoms with Crippen molar-refractivity contribution in [1.29, 1.82) is 0 Å². The lowest BCUT2D eigenvalue weighted by Gasteiger charge is -2.30. The Morgan fingerprint density at radius 3 is 2.68 bits per heavy atom. The molecule has 0 aliphatic carbocycles. The van der Waals surface area contributed by atoms with Crippen molar-refractivity contribution in [2.45, 2.75) is 12.5 Å². The van der Waals surface area contributed by atoms with Gasteiger partial charge in [0.1, 0.15) is 0 Å². The summed E-state index contributed by atoms with van der Waals surface area (Å²) in [6.45, 7) is 4.53. The molecule has 0 saturated carbocycles. The van der Waals surface area contributed by atoms with E-state index in [1.807, 2.05) is 18.2 Å². The van der Waals surface area contributed by atoms with Gasteiger partial charge in [0.25, 0.3) is 0 Å². The molecule has 0 radical (unpaired) electrons. The van der Waals surface area contributed by atoms with Crippen LogP contribution in [0.15, 0.2) is 30.4 Å². The molecule has 19 heavy (non-hydrogen) atoms. The van der Waals surface area contributed by atoms with E-state index in [-0.39, 0.29) is 18.6 Å². The minimum Gasteiger partial charge on any atom is -0.493 e. The fraction of sp³-hybridized carbons (Fsp3) is 0.467. The van der Waals surface area contributed by atoms with Gasteiger partial charge in [-0.1, -0.05) is 12.6 Å². The maximum absolute atomic E-state index is 9.35. The molecule has 4 heteroatoms. The van der Waals surface area contributed by atoms with Crippen LogP contribution in [0.2, 0.25) is 0 Å². The van der Waals surface area contributed by atoms with E-state index in [4.69, 9.17) is 14.2 Å². The van der Waals surface area contributed by atoms with E-state index in [2.05, 4.69) is 6.58 Å². The summed E-state index contributed by atoms with van der Waals surface area (Å²) >= 11 is 0. The molecule has 1 aromatic carbocycles. The van der Waals surface area contributed by atoms with Gasteiger partial charge in [-0.15, -0.1) is 0 Å². The highest BCUT2D eigenvalue weighted by Gasteiger charge is 2.26. The molecule has 1 saturated heterocycles. The van der Waals surface area contributed by atoms with E-state index >= 15 is 0 Å². The van der Waals surface area contributed by atoms with Crippen LogP contribution in [0.3, 0.4) is 0 Å². The van der Waals surface area contributed by atoms with Crippen molar-refractivity contribution < 1.29 is 19.3 Å². The lowest BCUT2D eigenvalue weighted by molar-refractivity contribution is 0.0116. The summed E-state index contributed by atoms with van der Waals surface area (Å²) in [5, 5.41) is 9.35. The smallest absolute Gasteiger partial charge is 0.161 e. The molecule has 0 spiro atoms. The number of methoxy groups -OCH3 is 2. The van der Waals surface area contributed by atoms with Crippen molar-refractivity contribution in [3.63, 3.8) is 0 Å². The summed E-state index contributed by atoms with van der Waals surface area (Å²) in [4.78, 5) is 0. The second-order valence-corrected chi connectivity index (χ2v) is 4.69. The van der Waals surface area contributed by atoms with Gasteiger partial charge in [-0.05, 0) is 29.7 Å². The van der Waals surface area contributed by atoms with Crippen molar-refractivity contribution in [2.75, 3.05) is 27.4 Å². The fourth-order valence-corrected chi connectivity index (χ4v) is 2.31. The molecule has 4 nitrogen and oxygen atoms in total. The van der Waals surface area contributed by atoms with Gasteiger partial charge in [-0.2, -0.15) is 0 Å². The standard InChI is InChI=1S/C15H20O4/c1-10-9-19-14(7-12(10)8-16)11-4-5-13(17-2)15(6-11)18-3/h4-6,12,14,16H,1,7-9H2,2-3H3/t12-,14+/m0/s1. The summed E-state index contributed by atoms with van der Waals surface area (Å²) in [6, 6.07) is 5.76. The monoisotopic (exact) mass is 264 g/mol. The predicted molar refractivity (Wildman–Crippen MR) is 72.6 cm³/mol. The molecule has 1 aliphatic heterocycles. The van der Waals surface area contributed by atoms with E-state index in [0.29, 0.717) is 18.1 Å². The van der Waals surface area contributed by atoms with Crippen LogP contribution in [0.5, 0.6) is 11.5 Å². The average molecular weight is 264 g/mol. The first-order chi connectivity index (χ1) is 9.19. The van der Waals surface area contributed by atoms with Gasteiger partial charge < -0.3 is 19.3 Å². The SMILES string of the molecule is C=C1CO[C@@H](c2ccc(OC)c(OC)c2)C[C@H]1CO. The minimum absolute atomic E-state index is 0.0394. The first-order valence-electron chi connectivity index (χ1n) is 6.31. The van der Waals surface area contributed by atoms with Gasteiger partial charge in [-0.3, -0.25) is 0 Å². The first-order valence-corrected chi connectivity index (χ1v) is 6.31. The normalized spacial score (nSPS) is 23.2. The fourth-order valence-electron chi connectivity index (χ4n) is 2.31. The highest BCUT2D eigenvalue weighted by Crippen LogP contribution is 2.37. The van der Waals surface area contributed by atoms with E-state index in [0.717, 1.165) is 17.6 Å². The average Bonchev–Trinajstić information content (AvgIpc) is 2.47. The molecule has 0 bridgehead atoms. The Hall–Kier alpha value is -1.52. The van der Waals surface area contributed by atoms with Crippen LogP contribution in [0.1, 0.15) is 18.1 Å². The lowest BCUT2D eigenvalue weighted by atomic mass is 9.89. The summed E-state index contributed by atoms with van der Waals surface area (Å²) in [5.41, 5.74) is 1.99. The summed E-state index contributed by atoms with van der Waals surface area (Å²) in [5.74, 6) is 1.49. The number of ether oxygens (including phenoxy) is 3. The molecular weight excluding hydrogens is 244 g/mol. The third kappa shape index (κ3) is 2.91. The second-order valence-electron chi connectivity index (χ2n) is 4.69. The van der Waals surface area contributed by atoms with E-state index in [1.165, 1.54) is 0 Å². The summed E-state index contributed by atoms with van der Waals surface area (Å²) in [6.07, 6.45) is 0.701. The molecule has 0 aromatic heterocycles. The molecule has 1 aliphatic rings. The topological polar surface area (TPSA) is 47.9 Å². The number of hydrogen-bond donors (Lipinski definition) is 1. The molecule has 2 rings (SSSR count). The molecular formula is C15H20O4.